The standard InChI is InChI=1S/C21H24F2N4.HI/c22-19-7-6-18(11-20(19)23)27-9-8-14(13-27)12-25-21(24)26-17-5-4-15-2-1-3-16(15)10-17;/h4-7,10-11,14H,1-3,8-9,12-13H2,(H3,24,25,26);1H. The average molecular weight is 498 g/mol. The molecule has 2 aromatic carbocycles. The van der Waals surface area contributed by atoms with Crippen molar-refractivity contribution < 1.29 is 8.78 Å². The quantitative estimate of drug-likeness (QED) is 0.375. The summed E-state index contributed by atoms with van der Waals surface area (Å²) < 4.78 is 26.5. The summed E-state index contributed by atoms with van der Waals surface area (Å²) in [6.45, 7) is 2.19. The number of halogens is 3. The fourth-order valence-electron chi connectivity index (χ4n) is 3.96. The third kappa shape index (κ3) is 4.74. The molecule has 0 amide bonds. The minimum atomic E-state index is -0.815. The highest BCUT2D eigenvalue weighted by atomic mass is 127. The van der Waals surface area contributed by atoms with E-state index in [-0.39, 0.29) is 24.0 Å². The van der Waals surface area contributed by atoms with E-state index in [1.165, 1.54) is 29.7 Å². The number of nitrogens with zero attached hydrogens (tertiary/aromatic N) is 2. The lowest BCUT2D eigenvalue weighted by Crippen LogP contribution is -2.25. The number of hydrogen-bond acceptors (Lipinski definition) is 2. The van der Waals surface area contributed by atoms with E-state index >= 15 is 0 Å². The molecule has 0 saturated carbocycles. The molecular weight excluding hydrogens is 473 g/mol. The van der Waals surface area contributed by atoms with Gasteiger partial charge in [0.05, 0.1) is 0 Å². The van der Waals surface area contributed by atoms with Gasteiger partial charge in [-0.05, 0) is 67.0 Å². The number of aryl methyl sites for hydroxylation is 2. The van der Waals surface area contributed by atoms with Crippen LogP contribution >= 0.6 is 24.0 Å². The molecule has 1 saturated heterocycles. The number of nitrogens with two attached hydrogens (primary N) is 1. The Bertz CT molecular complexity index is 871. The van der Waals surface area contributed by atoms with Crippen LogP contribution in [0.25, 0.3) is 0 Å². The van der Waals surface area contributed by atoms with Gasteiger partial charge < -0.3 is 16.0 Å². The number of rotatable bonds is 4. The van der Waals surface area contributed by atoms with Crippen LogP contribution in [0.5, 0.6) is 0 Å². The molecule has 0 spiro atoms. The number of aliphatic imine (C=N–C) groups is 1. The van der Waals surface area contributed by atoms with Gasteiger partial charge in [0, 0.05) is 37.1 Å². The summed E-state index contributed by atoms with van der Waals surface area (Å²) in [5.74, 6) is -0.862. The zero-order valence-electron chi connectivity index (χ0n) is 15.6. The minimum absolute atomic E-state index is 0. The van der Waals surface area contributed by atoms with E-state index in [1.807, 2.05) is 6.07 Å². The molecule has 0 bridgehead atoms. The maximum absolute atomic E-state index is 13.4. The Morgan fingerprint density at radius 3 is 2.75 bits per heavy atom. The molecular formula is C21H25F2IN4. The van der Waals surface area contributed by atoms with Crippen LogP contribution < -0.4 is 16.0 Å². The molecule has 1 aliphatic heterocycles. The van der Waals surface area contributed by atoms with Crippen molar-refractivity contribution in [1.82, 2.24) is 0 Å². The number of fused-ring (bicyclic) bond motifs is 1. The van der Waals surface area contributed by atoms with Crippen molar-refractivity contribution in [3.05, 3.63) is 59.2 Å². The van der Waals surface area contributed by atoms with Gasteiger partial charge in [-0.15, -0.1) is 24.0 Å². The number of anilines is 2. The highest BCUT2D eigenvalue weighted by molar-refractivity contribution is 14.0. The number of guanidine groups is 1. The zero-order valence-corrected chi connectivity index (χ0v) is 18.0. The van der Waals surface area contributed by atoms with Crippen molar-refractivity contribution in [1.29, 1.82) is 0 Å². The summed E-state index contributed by atoms with van der Waals surface area (Å²) in [5, 5.41) is 3.18. The third-order valence-electron chi connectivity index (χ3n) is 5.44. The predicted molar refractivity (Wildman–Crippen MR) is 121 cm³/mol. The van der Waals surface area contributed by atoms with E-state index in [9.17, 15) is 8.78 Å². The second-order valence-electron chi connectivity index (χ2n) is 7.39. The lowest BCUT2D eigenvalue weighted by Gasteiger charge is -2.18. The molecule has 0 radical (unpaired) electrons. The predicted octanol–water partition coefficient (Wildman–Crippen LogP) is 4.32. The molecule has 3 N–H and O–H groups in total. The van der Waals surface area contributed by atoms with Crippen LogP contribution in [0.1, 0.15) is 24.0 Å². The first kappa shape index (κ1) is 20.8. The normalized spacial score (nSPS) is 18.7. The molecule has 1 fully saturated rings. The summed E-state index contributed by atoms with van der Waals surface area (Å²) in [4.78, 5) is 6.54. The summed E-state index contributed by atoms with van der Waals surface area (Å²) >= 11 is 0. The Hall–Kier alpha value is -1.90. The molecule has 1 unspecified atom stereocenters. The van der Waals surface area contributed by atoms with Gasteiger partial charge in [0.1, 0.15) is 0 Å². The van der Waals surface area contributed by atoms with Crippen LogP contribution in [0.15, 0.2) is 41.4 Å². The topological polar surface area (TPSA) is 53.6 Å². The van der Waals surface area contributed by atoms with Crippen LogP contribution in [-0.2, 0) is 12.8 Å². The Balaban J connectivity index is 0.00000225. The SMILES string of the molecule is I.NC(=NCC1CCN(c2ccc(F)c(F)c2)C1)Nc1ccc2c(c1)CCC2. The zero-order chi connectivity index (χ0) is 18.8. The molecule has 28 heavy (non-hydrogen) atoms. The molecule has 7 heteroatoms. The van der Waals surface area contributed by atoms with E-state index < -0.39 is 11.6 Å². The average Bonchev–Trinajstić information content (AvgIpc) is 3.31. The maximum Gasteiger partial charge on any atom is 0.193 e. The smallest absolute Gasteiger partial charge is 0.193 e. The van der Waals surface area contributed by atoms with Crippen molar-refractivity contribution in [3.8, 4) is 0 Å². The lowest BCUT2D eigenvalue weighted by molar-refractivity contribution is 0.508. The highest BCUT2D eigenvalue weighted by Gasteiger charge is 2.23. The molecule has 1 heterocycles. The second-order valence-corrected chi connectivity index (χ2v) is 7.39. The van der Waals surface area contributed by atoms with Crippen LogP contribution in [0.3, 0.4) is 0 Å². The summed E-state index contributed by atoms with van der Waals surface area (Å²) in [6, 6.07) is 10.4. The second kappa shape index (κ2) is 9.07. The molecule has 1 aliphatic carbocycles. The number of benzene rings is 2. The molecule has 0 aromatic heterocycles. The van der Waals surface area contributed by atoms with Crippen LogP contribution in [0.2, 0.25) is 0 Å². The van der Waals surface area contributed by atoms with E-state index in [2.05, 4.69) is 27.3 Å². The summed E-state index contributed by atoms with van der Waals surface area (Å²) in [7, 11) is 0. The van der Waals surface area contributed by atoms with Gasteiger partial charge in [0.15, 0.2) is 17.6 Å². The third-order valence-corrected chi connectivity index (χ3v) is 5.44. The van der Waals surface area contributed by atoms with E-state index in [0.717, 1.165) is 38.0 Å². The van der Waals surface area contributed by atoms with Gasteiger partial charge in [0.25, 0.3) is 0 Å². The molecule has 150 valence electrons. The maximum atomic E-state index is 13.4. The Labute approximate surface area is 181 Å². The molecule has 1 atom stereocenters. The largest absolute Gasteiger partial charge is 0.371 e. The first-order valence-corrected chi connectivity index (χ1v) is 9.47. The first-order valence-electron chi connectivity index (χ1n) is 9.47. The van der Waals surface area contributed by atoms with Gasteiger partial charge in [-0.3, -0.25) is 4.99 Å². The lowest BCUT2D eigenvalue weighted by atomic mass is 10.1. The van der Waals surface area contributed by atoms with E-state index in [1.54, 1.807) is 6.07 Å². The molecule has 2 aromatic rings. The van der Waals surface area contributed by atoms with Crippen LogP contribution in [0, 0.1) is 17.6 Å². The monoisotopic (exact) mass is 498 g/mol. The number of nitrogens with one attached hydrogen (secondary N) is 1. The van der Waals surface area contributed by atoms with Crippen molar-refractivity contribution in [2.24, 2.45) is 16.6 Å². The summed E-state index contributed by atoms with van der Waals surface area (Å²) in [5.41, 5.74) is 10.6. The fraction of sp³-hybridized carbons (Fsp3) is 0.381. The Morgan fingerprint density at radius 1 is 1.11 bits per heavy atom. The molecule has 2 aliphatic rings. The van der Waals surface area contributed by atoms with E-state index in [4.69, 9.17) is 5.73 Å². The van der Waals surface area contributed by atoms with Crippen molar-refractivity contribution in [3.63, 3.8) is 0 Å². The fourth-order valence-corrected chi connectivity index (χ4v) is 3.96. The number of hydrogen-bond donors (Lipinski definition) is 2. The van der Waals surface area contributed by atoms with Crippen molar-refractivity contribution in [2.45, 2.75) is 25.7 Å². The Morgan fingerprint density at radius 2 is 1.93 bits per heavy atom. The van der Waals surface area contributed by atoms with Crippen LogP contribution in [-0.4, -0.2) is 25.6 Å². The van der Waals surface area contributed by atoms with Gasteiger partial charge in [-0.1, -0.05) is 6.07 Å². The van der Waals surface area contributed by atoms with Gasteiger partial charge in [0.2, 0.25) is 0 Å². The first-order chi connectivity index (χ1) is 13.1. The van der Waals surface area contributed by atoms with Gasteiger partial charge >= 0.3 is 0 Å². The highest BCUT2D eigenvalue weighted by Crippen LogP contribution is 2.26. The van der Waals surface area contributed by atoms with Crippen molar-refractivity contribution >= 4 is 41.3 Å². The van der Waals surface area contributed by atoms with Gasteiger partial charge in [-0.2, -0.15) is 0 Å². The Kier molecular flexibility index (Phi) is 6.74. The van der Waals surface area contributed by atoms with Gasteiger partial charge in [-0.25, -0.2) is 8.78 Å². The van der Waals surface area contributed by atoms with Crippen LogP contribution in [0.4, 0.5) is 20.2 Å². The molecule has 4 rings (SSSR count). The minimum Gasteiger partial charge on any atom is -0.371 e. The van der Waals surface area contributed by atoms with Crippen molar-refractivity contribution in [2.75, 3.05) is 29.9 Å². The summed E-state index contributed by atoms with van der Waals surface area (Å²) in [6.07, 6.45) is 4.46. The van der Waals surface area contributed by atoms with E-state index in [0.29, 0.717) is 24.1 Å². The molecule has 4 nitrogen and oxygen atoms in total.